The first-order valence-corrected chi connectivity index (χ1v) is 7.17. The Hall–Kier alpha value is -2.83. The van der Waals surface area contributed by atoms with Crippen LogP contribution in [0.5, 0.6) is 0 Å². The lowest BCUT2D eigenvalue weighted by Gasteiger charge is -2.09. The average molecular weight is 315 g/mol. The van der Waals surface area contributed by atoms with Gasteiger partial charge in [-0.1, -0.05) is 19.1 Å². The molecule has 3 rings (SSSR count). The predicted molar refractivity (Wildman–Crippen MR) is 82.9 cm³/mol. The number of anilines is 2. The summed E-state index contributed by atoms with van der Waals surface area (Å²) in [5, 5.41) is 7.06. The van der Waals surface area contributed by atoms with E-state index in [9.17, 15) is 8.78 Å². The molecule has 0 unspecified atom stereocenters. The number of nitrogens with one attached hydrogen (secondary N) is 1. The lowest BCUT2D eigenvalue weighted by molar-refractivity contribution is 0.598. The van der Waals surface area contributed by atoms with Gasteiger partial charge in [-0.2, -0.15) is 5.10 Å². The van der Waals surface area contributed by atoms with Crippen LogP contribution < -0.4 is 5.32 Å². The first kappa shape index (κ1) is 15.1. The van der Waals surface area contributed by atoms with Crippen molar-refractivity contribution in [2.24, 2.45) is 0 Å². The zero-order valence-corrected chi connectivity index (χ0v) is 12.7. The van der Waals surface area contributed by atoms with E-state index < -0.39 is 5.82 Å². The van der Waals surface area contributed by atoms with Crippen molar-refractivity contribution in [1.82, 2.24) is 19.7 Å². The molecule has 23 heavy (non-hydrogen) atoms. The molecule has 0 radical (unpaired) electrons. The molecule has 0 saturated heterocycles. The van der Waals surface area contributed by atoms with E-state index in [2.05, 4.69) is 20.4 Å². The fourth-order valence-corrected chi connectivity index (χ4v) is 2.27. The summed E-state index contributed by atoms with van der Waals surface area (Å²) in [4.78, 5) is 7.80. The van der Waals surface area contributed by atoms with Gasteiger partial charge in [0, 0.05) is 0 Å². The van der Waals surface area contributed by atoms with Gasteiger partial charge in [0.05, 0.1) is 23.3 Å². The van der Waals surface area contributed by atoms with Crippen LogP contribution in [0.15, 0.2) is 36.8 Å². The fourth-order valence-electron chi connectivity index (χ4n) is 2.27. The van der Waals surface area contributed by atoms with Gasteiger partial charge in [0.25, 0.3) is 0 Å². The molecule has 0 spiro atoms. The maximum atomic E-state index is 14.2. The maximum absolute atomic E-state index is 14.2. The van der Waals surface area contributed by atoms with Crippen LogP contribution in [0.2, 0.25) is 0 Å². The molecule has 0 bridgehead atoms. The summed E-state index contributed by atoms with van der Waals surface area (Å²) >= 11 is 0. The Balaban J connectivity index is 1.96. The Morgan fingerprint density at radius 2 is 1.96 bits per heavy atom. The van der Waals surface area contributed by atoms with Gasteiger partial charge in [0.15, 0.2) is 11.6 Å². The van der Waals surface area contributed by atoms with Gasteiger partial charge in [0.1, 0.15) is 17.8 Å². The topological polar surface area (TPSA) is 55.6 Å². The highest BCUT2D eigenvalue weighted by molar-refractivity contribution is 5.59. The van der Waals surface area contributed by atoms with Crippen LogP contribution in [-0.2, 0) is 6.42 Å². The van der Waals surface area contributed by atoms with Gasteiger partial charge < -0.3 is 5.32 Å². The number of halogens is 2. The number of rotatable bonds is 4. The quantitative estimate of drug-likeness (QED) is 0.800. The maximum Gasteiger partial charge on any atom is 0.187 e. The van der Waals surface area contributed by atoms with Crippen molar-refractivity contribution in [2.75, 3.05) is 5.32 Å². The molecule has 0 amide bonds. The minimum absolute atomic E-state index is 0.0769. The molecule has 0 saturated carbocycles. The predicted octanol–water partition coefficient (Wildman–Crippen LogP) is 3.55. The lowest BCUT2D eigenvalue weighted by atomic mass is 10.3. The molecule has 0 aliphatic heterocycles. The second-order valence-electron chi connectivity index (χ2n) is 4.97. The van der Waals surface area contributed by atoms with Crippen LogP contribution in [0.4, 0.5) is 20.3 Å². The van der Waals surface area contributed by atoms with E-state index in [0.29, 0.717) is 29.2 Å². The van der Waals surface area contributed by atoms with Crippen molar-refractivity contribution < 1.29 is 8.78 Å². The minimum atomic E-state index is -0.493. The van der Waals surface area contributed by atoms with Crippen LogP contribution in [-0.4, -0.2) is 19.7 Å². The van der Waals surface area contributed by atoms with E-state index in [1.54, 1.807) is 25.1 Å². The van der Waals surface area contributed by atoms with Gasteiger partial charge in [-0.15, -0.1) is 0 Å². The molecule has 1 aromatic carbocycles. The fraction of sp³-hybridized carbons (Fsp3) is 0.188. The van der Waals surface area contributed by atoms with Crippen LogP contribution in [0.1, 0.15) is 18.3 Å². The summed E-state index contributed by atoms with van der Waals surface area (Å²) in [5.74, 6) is -0.798. The minimum Gasteiger partial charge on any atom is -0.335 e. The zero-order chi connectivity index (χ0) is 16.4. The summed E-state index contributed by atoms with van der Waals surface area (Å²) in [6.45, 7) is 3.58. The molecular formula is C16H15F2N5. The van der Waals surface area contributed by atoms with E-state index in [-0.39, 0.29) is 11.6 Å². The Morgan fingerprint density at radius 3 is 2.70 bits per heavy atom. The van der Waals surface area contributed by atoms with E-state index in [1.165, 1.54) is 23.3 Å². The van der Waals surface area contributed by atoms with Crippen molar-refractivity contribution in [2.45, 2.75) is 20.3 Å². The van der Waals surface area contributed by atoms with Crippen molar-refractivity contribution in [3.63, 3.8) is 0 Å². The van der Waals surface area contributed by atoms with Gasteiger partial charge in [-0.25, -0.2) is 23.4 Å². The number of aryl methyl sites for hydroxylation is 1. The summed E-state index contributed by atoms with van der Waals surface area (Å²) in [6.07, 6.45) is 3.28. The summed E-state index contributed by atoms with van der Waals surface area (Å²) in [7, 11) is 0. The third-order valence-electron chi connectivity index (χ3n) is 3.54. The Labute approximate surface area is 132 Å². The van der Waals surface area contributed by atoms with Gasteiger partial charge in [0.2, 0.25) is 0 Å². The standard InChI is InChI=1S/C16H15F2N5/c1-3-12-15(18)16(20-9-19-12)22-13-8-21-23(10(13)2)14-7-5-4-6-11(14)17/h4-9H,3H2,1-2H3,(H,19,20,22). The average Bonchev–Trinajstić information content (AvgIpc) is 2.91. The Morgan fingerprint density at radius 1 is 1.17 bits per heavy atom. The van der Waals surface area contributed by atoms with Crippen LogP contribution >= 0.6 is 0 Å². The van der Waals surface area contributed by atoms with E-state index in [0.717, 1.165) is 0 Å². The zero-order valence-electron chi connectivity index (χ0n) is 12.7. The molecule has 2 heterocycles. The SMILES string of the molecule is CCc1ncnc(Nc2cnn(-c3ccccc3F)c2C)c1F. The number of benzene rings is 1. The van der Waals surface area contributed by atoms with E-state index in [4.69, 9.17) is 0 Å². The molecule has 3 aromatic rings. The van der Waals surface area contributed by atoms with Crippen molar-refractivity contribution in [1.29, 1.82) is 0 Å². The normalized spacial score (nSPS) is 10.8. The molecule has 0 atom stereocenters. The lowest BCUT2D eigenvalue weighted by Crippen LogP contribution is -2.04. The van der Waals surface area contributed by atoms with Gasteiger partial charge in [-0.05, 0) is 25.5 Å². The van der Waals surface area contributed by atoms with Gasteiger partial charge >= 0.3 is 0 Å². The van der Waals surface area contributed by atoms with Gasteiger partial charge in [-0.3, -0.25) is 0 Å². The second-order valence-corrected chi connectivity index (χ2v) is 4.97. The van der Waals surface area contributed by atoms with E-state index >= 15 is 0 Å². The van der Waals surface area contributed by atoms with Crippen LogP contribution in [0.3, 0.4) is 0 Å². The Kier molecular flexibility index (Phi) is 4.01. The number of hydrogen-bond acceptors (Lipinski definition) is 4. The highest BCUT2D eigenvalue weighted by Gasteiger charge is 2.15. The van der Waals surface area contributed by atoms with Crippen molar-refractivity contribution in [3.05, 3.63) is 59.8 Å². The summed E-state index contributed by atoms with van der Waals surface area (Å²) in [5.41, 5.74) is 1.86. The van der Waals surface area contributed by atoms with E-state index in [1.807, 2.05) is 6.92 Å². The Bertz CT molecular complexity index is 844. The number of nitrogens with zero attached hydrogens (tertiary/aromatic N) is 4. The number of para-hydroxylation sites is 1. The third kappa shape index (κ3) is 2.77. The second kappa shape index (κ2) is 6.12. The third-order valence-corrected chi connectivity index (χ3v) is 3.54. The number of hydrogen-bond donors (Lipinski definition) is 1. The summed E-state index contributed by atoms with van der Waals surface area (Å²) in [6, 6.07) is 6.32. The molecule has 5 nitrogen and oxygen atoms in total. The molecule has 118 valence electrons. The van der Waals surface area contributed by atoms with Crippen LogP contribution in [0, 0.1) is 18.6 Å². The molecule has 7 heteroatoms. The smallest absolute Gasteiger partial charge is 0.187 e. The molecular weight excluding hydrogens is 300 g/mol. The molecule has 0 fully saturated rings. The molecule has 0 aliphatic carbocycles. The number of aromatic nitrogens is 4. The van der Waals surface area contributed by atoms with Crippen molar-refractivity contribution >= 4 is 11.5 Å². The largest absolute Gasteiger partial charge is 0.335 e. The molecule has 1 N–H and O–H groups in total. The monoisotopic (exact) mass is 315 g/mol. The summed E-state index contributed by atoms with van der Waals surface area (Å²) < 4.78 is 29.6. The molecule has 0 aliphatic rings. The first-order chi connectivity index (χ1) is 11.1. The molecule has 2 aromatic heterocycles. The highest BCUT2D eigenvalue weighted by Crippen LogP contribution is 2.24. The highest BCUT2D eigenvalue weighted by atomic mass is 19.1. The first-order valence-electron chi connectivity index (χ1n) is 7.17. The van der Waals surface area contributed by atoms with Crippen LogP contribution in [0.25, 0.3) is 5.69 Å². The van der Waals surface area contributed by atoms with Crippen molar-refractivity contribution in [3.8, 4) is 5.69 Å².